The van der Waals surface area contributed by atoms with Gasteiger partial charge in [-0.15, -0.1) is 10.2 Å². The maximum Gasteiger partial charge on any atom is 0.340 e. The van der Waals surface area contributed by atoms with E-state index in [1.165, 1.54) is 34.1 Å². The van der Waals surface area contributed by atoms with Gasteiger partial charge in [0.25, 0.3) is 0 Å². The third-order valence-corrected chi connectivity index (χ3v) is 5.78. The first-order chi connectivity index (χ1) is 13.1. The van der Waals surface area contributed by atoms with Crippen LogP contribution in [-0.4, -0.2) is 52.7 Å². The van der Waals surface area contributed by atoms with Crippen molar-refractivity contribution in [3.05, 3.63) is 35.4 Å². The van der Waals surface area contributed by atoms with Gasteiger partial charge in [-0.3, -0.25) is 0 Å². The Bertz CT molecular complexity index is 895. The minimum Gasteiger partial charge on any atom is -0.435 e. The molecule has 2 heterocycles. The summed E-state index contributed by atoms with van der Waals surface area (Å²) in [5.74, 6) is -0.595. The summed E-state index contributed by atoms with van der Waals surface area (Å²) in [4.78, 5) is 28.3. The number of rotatable bonds is 6. The Kier molecular flexibility index (Phi) is 5.93. The minimum atomic E-state index is -0.801. The van der Waals surface area contributed by atoms with E-state index < -0.39 is 12.2 Å². The van der Waals surface area contributed by atoms with E-state index in [2.05, 4.69) is 10.2 Å². The van der Waals surface area contributed by atoms with Gasteiger partial charge in [-0.1, -0.05) is 36.1 Å². The molecule has 2 amide bonds. The molecule has 0 saturated carbocycles. The van der Waals surface area contributed by atoms with Gasteiger partial charge in [0.15, 0.2) is 4.34 Å². The topological polar surface area (TPSA) is 99.4 Å². The van der Waals surface area contributed by atoms with Gasteiger partial charge in [-0.05, 0) is 30.9 Å². The van der Waals surface area contributed by atoms with Gasteiger partial charge in [-0.2, -0.15) is 5.26 Å². The van der Waals surface area contributed by atoms with Crippen LogP contribution < -0.4 is 4.90 Å². The summed E-state index contributed by atoms with van der Waals surface area (Å²) in [6.07, 6.45) is 1.86. The summed E-state index contributed by atoms with van der Waals surface area (Å²) in [5, 5.41) is 17.5. The summed E-state index contributed by atoms with van der Waals surface area (Å²) < 4.78 is 6.32. The van der Waals surface area contributed by atoms with Crippen molar-refractivity contribution < 1.29 is 14.3 Å². The monoisotopic (exact) mass is 403 g/mol. The Labute approximate surface area is 164 Å². The normalized spacial score (nSPS) is 16.5. The number of ether oxygens (including phenoxy) is 1. The number of aromatic nitrogens is 2. The molecule has 0 aliphatic carbocycles. The zero-order valence-electron chi connectivity index (χ0n) is 14.8. The van der Waals surface area contributed by atoms with Crippen LogP contribution in [0, 0.1) is 11.3 Å². The average molecular weight is 403 g/mol. The molecule has 1 atom stereocenters. The molecule has 0 spiro atoms. The van der Waals surface area contributed by atoms with Crippen molar-refractivity contribution in [3.63, 3.8) is 0 Å². The van der Waals surface area contributed by atoms with Gasteiger partial charge in [0.2, 0.25) is 11.4 Å². The molecule has 1 fully saturated rings. The van der Waals surface area contributed by atoms with Crippen LogP contribution in [-0.2, 0) is 4.74 Å². The van der Waals surface area contributed by atoms with E-state index in [9.17, 15) is 9.59 Å². The van der Waals surface area contributed by atoms with E-state index in [-0.39, 0.29) is 18.1 Å². The number of thioether (sulfide) groups is 1. The number of anilines is 1. The van der Waals surface area contributed by atoms with Gasteiger partial charge in [0, 0.05) is 6.54 Å². The van der Waals surface area contributed by atoms with Crippen LogP contribution in [0.3, 0.4) is 0 Å². The Morgan fingerprint density at radius 3 is 2.96 bits per heavy atom. The average Bonchev–Trinajstić information content (AvgIpc) is 3.26. The second-order valence-corrected chi connectivity index (χ2v) is 7.72. The van der Waals surface area contributed by atoms with Crippen molar-refractivity contribution in [2.24, 2.45) is 0 Å². The molecular weight excluding hydrogens is 386 g/mol. The number of carbonyl (C=O) groups is 2. The Morgan fingerprint density at radius 2 is 2.30 bits per heavy atom. The summed E-state index contributed by atoms with van der Waals surface area (Å²) in [6.45, 7) is 2.78. The van der Waals surface area contributed by atoms with E-state index in [4.69, 9.17) is 10.00 Å². The van der Waals surface area contributed by atoms with Crippen molar-refractivity contribution >= 4 is 40.2 Å². The van der Waals surface area contributed by atoms with E-state index >= 15 is 0 Å². The fourth-order valence-electron chi connectivity index (χ4n) is 2.67. The van der Waals surface area contributed by atoms with E-state index in [1.807, 2.05) is 19.2 Å². The molecule has 0 N–H and O–H groups in total. The van der Waals surface area contributed by atoms with Crippen LogP contribution in [0.2, 0.25) is 0 Å². The van der Waals surface area contributed by atoms with Gasteiger partial charge in [0.05, 0.1) is 23.7 Å². The highest BCUT2D eigenvalue weighted by Crippen LogP contribution is 2.32. The molecular formula is C17H17N5O3S2. The highest BCUT2D eigenvalue weighted by atomic mass is 32.2. The predicted octanol–water partition coefficient (Wildman–Crippen LogP) is 2.97. The molecule has 1 aliphatic rings. The van der Waals surface area contributed by atoms with E-state index in [0.29, 0.717) is 17.2 Å². The molecule has 0 radical (unpaired) electrons. The maximum absolute atomic E-state index is 12.8. The zero-order chi connectivity index (χ0) is 19.4. The number of carbonyl (C=O) groups excluding carboxylic acids is 2. The Morgan fingerprint density at radius 1 is 1.48 bits per heavy atom. The molecule has 1 unspecified atom stereocenters. The largest absolute Gasteiger partial charge is 0.435 e. The smallest absolute Gasteiger partial charge is 0.340 e. The molecule has 1 aliphatic heterocycles. The molecule has 3 rings (SSSR count). The van der Waals surface area contributed by atoms with E-state index in [1.54, 1.807) is 23.1 Å². The van der Waals surface area contributed by atoms with Crippen molar-refractivity contribution in [1.29, 1.82) is 5.26 Å². The number of hydrogen-bond acceptors (Lipinski definition) is 8. The van der Waals surface area contributed by atoms with Crippen LogP contribution in [0.4, 0.5) is 9.93 Å². The molecule has 10 heteroatoms. The highest BCUT2D eigenvalue weighted by molar-refractivity contribution is 8.00. The molecule has 140 valence electrons. The first-order valence-electron chi connectivity index (χ1n) is 8.24. The van der Waals surface area contributed by atoms with Crippen molar-refractivity contribution in [2.45, 2.75) is 23.9 Å². The molecule has 8 nitrogen and oxygen atoms in total. The molecule has 2 aromatic rings. The van der Waals surface area contributed by atoms with Crippen LogP contribution >= 0.6 is 23.1 Å². The van der Waals surface area contributed by atoms with Crippen molar-refractivity contribution in [3.8, 4) is 6.07 Å². The van der Waals surface area contributed by atoms with Gasteiger partial charge in [-0.25, -0.2) is 14.5 Å². The lowest BCUT2D eigenvalue weighted by molar-refractivity contribution is 0.0326. The number of hydrogen-bond donors (Lipinski definition) is 0. The van der Waals surface area contributed by atoms with Crippen LogP contribution in [0.15, 0.2) is 28.6 Å². The lowest BCUT2D eigenvalue weighted by Crippen LogP contribution is -2.37. The second-order valence-electron chi connectivity index (χ2n) is 5.71. The van der Waals surface area contributed by atoms with Crippen LogP contribution in [0.25, 0.3) is 0 Å². The summed E-state index contributed by atoms with van der Waals surface area (Å²) in [6, 6.07) is 7.99. The van der Waals surface area contributed by atoms with Crippen LogP contribution in [0.5, 0.6) is 0 Å². The van der Waals surface area contributed by atoms with Gasteiger partial charge in [0.1, 0.15) is 0 Å². The standard InChI is InChI=1S/C17H17N5O3S2/c1-3-7-21-10-13(22(17(21)24)15-19-20-16(26-2)27-15)25-14(23)12-6-4-5-11(8-12)9-18/h4-6,8,13H,3,7,10H2,1-2H3. The first-order valence-corrected chi connectivity index (χ1v) is 10.3. The van der Waals surface area contributed by atoms with Crippen LogP contribution in [0.1, 0.15) is 29.3 Å². The van der Waals surface area contributed by atoms with Gasteiger partial charge >= 0.3 is 12.0 Å². The summed E-state index contributed by atoms with van der Waals surface area (Å²) in [5.41, 5.74) is 0.627. The Hall–Kier alpha value is -2.64. The molecule has 0 bridgehead atoms. The lowest BCUT2D eigenvalue weighted by atomic mass is 10.1. The van der Waals surface area contributed by atoms with Crippen molar-refractivity contribution in [2.75, 3.05) is 24.2 Å². The number of amides is 2. The quantitative estimate of drug-likeness (QED) is 0.415. The second kappa shape index (κ2) is 8.37. The van der Waals surface area contributed by atoms with E-state index in [0.717, 1.165) is 10.8 Å². The molecule has 1 aromatic carbocycles. The fourth-order valence-corrected chi connectivity index (χ4v) is 3.96. The Balaban J connectivity index is 1.85. The molecule has 1 aromatic heterocycles. The minimum absolute atomic E-state index is 0.254. The van der Waals surface area contributed by atoms with Crippen molar-refractivity contribution in [1.82, 2.24) is 15.1 Å². The fraction of sp³-hybridized carbons (Fsp3) is 0.353. The number of nitriles is 1. The lowest BCUT2D eigenvalue weighted by Gasteiger charge is -2.19. The first kappa shape index (κ1) is 19.1. The number of esters is 1. The number of urea groups is 1. The van der Waals surface area contributed by atoms with Gasteiger partial charge < -0.3 is 9.64 Å². The SMILES string of the molecule is CCCN1CC(OC(=O)c2cccc(C#N)c2)N(c2nnc(SC)s2)C1=O. The maximum atomic E-state index is 12.8. The number of benzene rings is 1. The number of nitrogens with zero attached hydrogens (tertiary/aromatic N) is 5. The summed E-state index contributed by atoms with van der Waals surface area (Å²) in [7, 11) is 0. The predicted molar refractivity (Wildman–Crippen MR) is 102 cm³/mol. The molecule has 27 heavy (non-hydrogen) atoms. The third kappa shape index (κ3) is 4.04. The highest BCUT2D eigenvalue weighted by Gasteiger charge is 2.42. The zero-order valence-corrected chi connectivity index (χ0v) is 16.4. The molecule has 1 saturated heterocycles. The third-order valence-electron chi connectivity index (χ3n) is 3.88. The summed E-state index contributed by atoms with van der Waals surface area (Å²) >= 11 is 2.70.